The molecule has 0 aliphatic heterocycles. The molecule has 3 heterocycles. The number of benzene rings is 10. The Hall–Kier alpha value is -8.89. The Morgan fingerprint density at radius 2 is 0.975 bits per heavy atom. The van der Waals surface area contributed by atoms with Crippen LogP contribution in [0.2, 0.25) is 0 Å². The molecule has 13 aromatic rings. The maximum Gasteiger partial charge on any atom is 0.143 e. The van der Waals surface area contributed by atoms with E-state index in [1.807, 2.05) is 31.4 Å². The van der Waals surface area contributed by atoms with Crippen LogP contribution < -0.4 is 0 Å². The minimum atomic E-state index is -0.0815. The standard InChI is InChI=1S/C75H61N4O.Pt/c1-74(2,3)55-34-36-58(64(46-55)48-22-11-8-12-23-48)51-40-52(42-54(41-51)67-44-50(38-39-76-67)60-30-21-31-62-61-28-17-19-32-68(61)79(72(60)62)57-26-15-10-16-27-57)66-43-53(45-69-71(66)77-73(78(69)7)63-29-18-20-33-70(63)80)59-37-35-56(75(4,5)6)47-65(59)49-24-13-9-14-25-49;/h8-41,43-47,80H,1-7H3;/q-1;. The number of phenols is 1. The van der Waals surface area contributed by atoms with E-state index in [1.165, 1.54) is 21.9 Å². The Balaban J connectivity index is 0.00000651. The van der Waals surface area contributed by atoms with Gasteiger partial charge in [-0.3, -0.25) is 4.98 Å². The molecule has 398 valence electrons. The quantitative estimate of drug-likeness (QED) is 0.147. The predicted molar refractivity (Wildman–Crippen MR) is 334 cm³/mol. The number of nitrogens with zero attached hydrogens (tertiary/aromatic N) is 4. The van der Waals surface area contributed by atoms with Gasteiger partial charge in [-0.25, -0.2) is 4.98 Å². The SMILES string of the molecule is Cn1c(-c2ccccc2O)nc2c(-c3[c-]c(-c4cc(-c5cccc6c7ccccc7n(-c7ccccc7)c56)ccn4)cc(-c4ccc(C(C)(C)C)cc4-c4ccccc4)c3)cc(-c3ccc(C(C)(C)C)cc3-c3ccccc3)cc21.[Pt]. The molecule has 0 radical (unpaired) electrons. The number of fused-ring (bicyclic) bond motifs is 4. The minimum absolute atomic E-state index is 0. The molecule has 0 saturated carbocycles. The first-order valence-electron chi connectivity index (χ1n) is 27.6. The topological polar surface area (TPSA) is 55.9 Å². The number of imidazole rings is 1. The summed E-state index contributed by atoms with van der Waals surface area (Å²) in [6.07, 6.45) is 1.94. The summed E-state index contributed by atoms with van der Waals surface area (Å²) < 4.78 is 4.51. The van der Waals surface area contributed by atoms with E-state index in [0.717, 1.165) is 106 Å². The van der Waals surface area contributed by atoms with Gasteiger partial charge < -0.3 is 14.2 Å². The Bertz CT molecular complexity index is 4500. The van der Waals surface area contributed by atoms with E-state index in [2.05, 4.69) is 263 Å². The van der Waals surface area contributed by atoms with Gasteiger partial charge in [0, 0.05) is 62.0 Å². The second kappa shape index (κ2) is 21.0. The number of aromatic nitrogens is 4. The summed E-state index contributed by atoms with van der Waals surface area (Å²) in [6, 6.07) is 86.3. The van der Waals surface area contributed by atoms with E-state index in [-0.39, 0.29) is 37.6 Å². The van der Waals surface area contributed by atoms with Crippen molar-refractivity contribution in [2.24, 2.45) is 7.05 Å². The third kappa shape index (κ3) is 9.70. The third-order valence-electron chi connectivity index (χ3n) is 15.9. The van der Waals surface area contributed by atoms with E-state index >= 15 is 0 Å². The zero-order chi connectivity index (χ0) is 54.9. The monoisotopic (exact) mass is 1230 g/mol. The summed E-state index contributed by atoms with van der Waals surface area (Å²) in [5.41, 5.74) is 22.6. The second-order valence-electron chi connectivity index (χ2n) is 23.2. The predicted octanol–water partition coefficient (Wildman–Crippen LogP) is 19.5. The number of pyridine rings is 1. The van der Waals surface area contributed by atoms with Crippen molar-refractivity contribution in [1.29, 1.82) is 0 Å². The fourth-order valence-electron chi connectivity index (χ4n) is 11.6. The van der Waals surface area contributed by atoms with Crippen molar-refractivity contribution in [1.82, 2.24) is 19.1 Å². The maximum atomic E-state index is 11.4. The first-order valence-corrected chi connectivity index (χ1v) is 27.6. The maximum absolute atomic E-state index is 11.4. The molecule has 0 spiro atoms. The number of rotatable bonds is 9. The van der Waals surface area contributed by atoms with Crippen molar-refractivity contribution in [3.8, 4) is 101 Å². The van der Waals surface area contributed by atoms with Crippen LogP contribution in [0.15, 0.2) is 237 Å². The van der Waals surface area contributed by atoms with Crippen LogP contribution >= 0.6 is 0 Å². The van der Waals surface area contributed by atoms with Crippen molar-refractivity contribution in [2.45, 2.75) is 52.4 Å². The third-order valence-corrected chi connectivity index (χ3v) is 15.9. The molecule has 5 nitrogen and oxygen atoms in total. The molecule has 0 aliphatic rings. The van der Waals surface area contributed by atoms with Gasteiger partial charge in [-0.15, -0.1) is 23.8 Å². The van der Waals surface area contributed by atoms with Gasteiger partial charge in [-0.05, 0) is 109 Å². The van der Waals surface area contributed by atoms with Crippen LogP contribution in [-0.2, 0) is 38.9 Å². The van der Waals surface area contributed by atoms with Gasteiger partial charge in [0.1, 0.15) is 11.6 Å². The molecule has 81 heavy (non-hydrogen) atoms. The van der Waals surface area contributed by atoms with Crippen molar-refractivity contribution in [2.75, 3.05) is 0 Å². The first kappa shape index (κ1) is 52.8. The van der Waals surface area contributed by atoms with Crippen LogP contribution in [0.1, 0.15) is 52.7 Å². The largest absolute Gasteiger partial charge is 0.507 e. The van der Waals surface area contributed by atoms with E-state index in [9.17, 15) is 5.11 Å². The summed E-state index contributed by atoms with van der Waals surface area (Å²) >= 11 is 0. The Morgan fingerprint density at radius 1 is 0.420 bits per heavy atom. The van der Waals surface area contributed by atoms with Crippen LogP contribution in [0.4, 0.5) is 0 Å². The molecule has 0 fully saturated rings. The molecule has 0 saturated heterocycles. The Morgan fingerprint density at radius 3 is 1.62 bits per heavy atom. The van der Waals surface area contributed by atoms with E-state index in [1.54, 1.807) is 6.07 Å². The minimum Gasteiger partial charge on any atom is -0.507 e. The zero-order valence-electron chi connectivity index (χ0n) is 46.6. The molecule has 3 aromatic heterocycles. The summed E-state index contributed by atoms with van der Waals surface area (Å²) in [5, 5.41) is 13.8. The average Bonchev–Trinajstić information content (AvgIpc) is 4.18. The van der Waals surface area contributed by atoms with Gasteiger partial charge in [-0.2, -0.15) is 0 Å². The molecule has 0 aliphatic carbocycles. The molecule has 0 unspecified atom stereocenters. The normalized spacial score (nSPS) is 11.8. The van der Waals surface area contributed by atoms with Gasteiger partial charge in [0.2, 0.25) is 0 Å². The second-order valence-corrected chi connectivity index (χ2v) is 23.2. The summed E-state index contributed by atoms with van der Waals surface area (Å²) in [7, 11) is 2.05. The van der Waals surface area contributed by atoms with Crippen molar-refractivity contribution in [3.63, 3.8) is 0 Å². The van der Waals surface area contributed by atoms with Crippen LogP contribution in [0.5, 0.6) is 5.75 Å². The van der Waals surface area contributed by atoms with Crippen LogP contribution in [-0.4, -0.2) is 24.2 Å². The molecule has 1 N–H and O–H groups in total. The molecule has 13 rings (SSSR count). The van der Waals surface area contributed by atoms with Crippen molar-refractivity contribution >= 4 is 32.8 Å². The average molecular weight is 1230 g/mol. The number of aryl methyl sites for hydroxylation is 1. The van der Waals surface area contributed by atoms with Gasteiger partial charge in [0.05, 0.1) is 27.6 Å². The smallest absolute Gasteiger partial charge is 0.143 e. The molecule has 0 atom stereocenters. The molecular weight excluding hydrogens is 1170 g/mol. The first-order chi connectivity index (χ1) is 38.8. The van der Waals surface area contributed by atoms with E-state index in [4.69, 9.17) is 9.97 Å². The van der Waals surface area contributed by atoms with Gasteiger partial charge in [-0.1, -0.05) is 234 Å². The van der Waals surface area contributed by atoms with E-state index in [0.29, 0.717) is 11.4 Å². The number of hydrogen-bond acceptors (Lipinski definition) is 3. The molecule has 6 heteroatoms. The molecule has 10 aromatic carbocycles. The fourth-order valence-corrected chi connectivity index (χ4v) is 11.6. The van der Waals surface area contributed by atoms with Crippen molar-refractivity contribution in [3.05, 3.63) is 254 Å². The number of hydrogen-bond donors (Lipinski definition) is 1. The summed E-state index contributed by atoms with van der Waals surface area (Å²) in [4.78, 5) is 10.7. The zero-order valence-corrected chi connectivity index (χ0v) is 48.8. The number of para-hydroxylation sites is 4. The Labute approximate surface area is 489 Å². The van der Waals surface area contributed by atoms with Gasteiger partial charge in [0.15, 0.2) is 0 Å². The van der Waals surface area contributed by atoms with Crippen molar-refractivity contribution < 1.29 is 26.2 Å². The molecule has 0 amide bonds. The Kier molecular flexibility index (Phi) is 13.7. The summed E-state index contributed by atoms with van der Waals surface area (Å²) in [5.74, 6) is 0.838. The summed E-state index contributed by atoms with van der Waals surface area (Å²) in [6.45, 7) is 13.6. The fraction of sp³-hybridized carbons (Fsp3) is 0.120. The van der Waals surface area contributed by atoms with Crippen LogP contribution in [0, 0.1) is 6.07 Å². The number of phenolic OH excluding ortho intramolecular Hbond substituents is 1. The van der Waals surface area contributed by atoms with Crippen LogP contribution in [0.3, 0.4) is 0 Å². The van der Waals surface area contributed by atoms with E-state index < -0.39 is 0 Å². The molecular formula is C75H61N4OPt-. The van der Waals surface area contributed by atoms with Gasteiger partial charge in [0.25, 0.3) is 0 Å². The number of aromatic hydroxyl groups is 1. The van der Waals surface area contributed by atoms with Crippen LogP contribution in [0.25, 0.3) is 128 Å². The molecule has 0 bridgehead atoms. The van der Waals surface area contributed by atoms with Gasteiger partial charge >= 0.3 is 0 Å².